The van der Waals surface area contributed by atoms with Crippen molar-refractivity contribution in [2.45, 2.75) is 13.3 Å². The number of aromatic nitrogens is 2. The van der Waals surface area contributed by atoms with E-state index in [0.717, 1.165) is 25.1 Å². The summed E-state index contributed by atoms with van der Waals surface area (Å²) >= 11 is 6.07. The SMILES string of the molecule is Cc1c(Cl)cccc1NC(=O)c1ccnc(NCCCN(C)C)n1. The van der Waals surface area contributed by atoms with Gasteiger partial charge in [0.1, 0.15) is 5.69 Å². The molecule has 0 atom stereocenters. The van der Waals surface area contributed by atoms with Gasteiger partial charge < -0.3 is 15.5 Å². The van der Waals surface area contributed by atoms with Gasteiger partial charge in [0.05, 0.1) is 0 Å². The molecule has 0 fully saturated rings. The van der Waals surface area contributed by atoms with E-state index in [-0.39, 0.29) is 5.91 Å². The van der Waals surface area contributed by atoms with Crippen LogP contribution in [0.3, 0.4) is 0 Å². The van der Waals surface area contributed by atoms with Gasteiger partial charge in [-0.1, -0.05) is 17.7 Å². The molecule has 0 aliphatic rings. The van der Waals surface area contributed by atoms with E-state index in [9.17, 15) is 4.79 Å². The topological polar surface area (TPSA) is 70.2 Å². The van der Waals surface area contributed by atoms with Crippen LogP contribution in [0.4, 0.5) is 11.6 Å². The highest BCUT2D eigenvalue weighted by atomic mass is 35.5. The maximum absolute atomic E-state index is 12.4. The minimum absolute atomic E-state index is 0.292. The van der Waals surface area contributed by atoms with Crippen LogP contribution in [0.5, 0.6) is 0 Å². The highest BCUT2D eigenvalue weighted by molar-refractivity contribution is 6.31. The third-order valence-electron chi connectivity index (χ3n) is 3.47. The third kappa shape index (κ3) is 5.18. The van der Waals surface area contributed by atoms with Crippen molar-refractivity contribution < 1.29 is 4.79 Å². The summed E-state index contributed by atoms with van der Waals surface area (Å²) in [5.41, 5.74) is 1.80. The second-order valence-electron chi connectivity index (χ2n) is 5.72. The fraction of sp³-hybridized carbons (Fsp3) is 0.353. The smallest absolute Gasteiger partial charge is 0.274 e. The first-order valence-corrected chi connectivity index (χ1v) is 8.13. The predicted molar refractivity (Wildman–Crippen MR) is 97.8 cm³/mol. The van der Waals surface area contributed by atoms with E-state index in [0.29, 0.717) is 22.4 Å². The largest absolute Gasteiger partial charge is 0.354 e. The van der Waals surface area contributed by atoms with Crippen molar-refractivity contribution in [3.05, 3.63) is 46.7 Å². The number of nitrogens with zero attached hydrogens (tertiary/aromatic N) is 3. The number of amides is 1. The van der Waals surface area contributed by atoms with Crippen molar-refractivity contribution in [3.8, 4) is 0 Å². The zero-order valence-electron chi connectivity index (χ0n) is 14.1. The number of hydrogen-bond donors (Lipinski definition) is 2. The number of nitrogens with one attached hydrogen (secondary N) is 2. The molecule has 2 rings (SSSR count). The first kappa shape index (κ1) is 18.2. The standard InChI is InChI=1S/C17H22ClN5O/c1-12-13(18)6-4-7-14(12)21-16(24)15-8-10-20-17(22-15)19-9-5-11-23(2)3/h4,6-8,10H,5,9,11H2,1-3H3,(H,21,24)(H,19,20,22). The van der Waals surface area contributed by atoms with Gasteiger partial charge in [-0.3, -0.25) is 4.79 Å². The molecule has 2 N–H and O–H groups in total. The van der Waals surface area contributed by atoms with Gasteiger partial charge in [0.2, 0.25) is 5.95 Å². The second-order valence-corrected chi connectivity index (χ2v) is 6.12. The molecule has 0 unspecified atom stereocenters. The molecule has 0 saturated heterocycles. The molecule has 0 bridgehead atoms. The lowest BCUT2D eigenvalue weighted by molar-refractivity contribution is 0.102. The predicted octanol–water partition coefficient (Wildman–Crippen LogP) is 3.05. The lowest BCUT2D eigenvalue weighted by atomic mass is 10.2. The van der Waals surface area contributed by atoms with Crippen molar-refractivity contribution in [3.63, 3.8) is 0 Å². The molecular weight excluding hydrogens is 326 g/mol. The van der Waals surface area contributed by atoms with Crippen LogP contribution in [0, 0.1) is 6.92 Å². The van der Waals surface area contributed by atoms with E-state index in [1.54, 1.807) is 30.5 Å². The van der Waals surface area contributed by atoms with Crippen LogP contribution in [0.2, 0.25) is 5.02 Å². The molecule has 0 spiro atoms. The first-order chi connectivity index (χ1) is 11.5. The number of benzene rings is 1. The summed E-state index contributed by atoms with van der Waals surface area (Å²) in [5, 5.41) is 6.57. The monoisotopic (exact) mass is 347 g/mol. The van der Waals surface area contributed by atoms with E-state index in [1.807, 2.05) is 21.0 Å². The van der Waals surface area contributed by atoms with Crippen LogP contribution >= 0.6 is 11.6 Å². The number of halogens is 1. The maximum Gasteiger partial charge on any atom is 0.274 e. The van der Waals surface area contributed by atoms with E-state index < -0.39 is 0 Å². The molecule has 24 heavy (non-hydrogen) atoms. The van der Waals surface area contributed by atoms with Crippen LogP contribution in [-0.2, 0) is 0 Å². The molecular formula is C17H22ClN5O. The van der Waals surface area contributed by atoms with Crippen molar-refractivity contribution in [2.75, 3.05) is 37.8 Å². The Kier molecular flexibility index (Phi) is 6.52. The lowest BCUT2D eigenvalue weighted by Gasteiger charge is -2.11. The quantitative estimate of drug-likeness (QED) is 0.753. The van der Waals surface area contributed by atoms with Crippen molar-refractivity contribution in [1.82, 2.24) is 14.9 Å². The minimum atomic E-state index is -0.292. The van der Waals surface area contributed by atoms with Gasteiger partial charge in [0.15, 0.2) is 0 Å². The normalized spacial score (nSPS) is 10.7. The zero-order valence-corrected chi connectivity index (χ0v) is 14.9. The maximum atomic E-state index is 12.4. The highest BCUT2D eigenvalue weighted by Crippen LogP contribution is 2.23. The number of carbonyl (C=O) groups is 1. The number of rotatable bonds is 7. The molecule has 1 heterocycles. The summed E-state index contributed by atoms with van der Waals surface area (Å²) in [6.07, 6.45) is 2.54. The van der Waals surface area contributed by atoms with Crippen molar-refractivity contribution in [2.24, 2.45) is 0 Å². The molecule has 0 aliphatic heterocycles. The Labute approximate surface area is 147 Å². The van der Waals surface area contributed by atoms with Gasteiger partial charge in [-0.25, -0.2) is 9.97 Å². The van der Waals surface area contributed by atoms with Crippen LogP contribution in [0.15, 0.2) is 30.5 Å². The Morgan fingerprint density at radius 1 is 1.29 bits per heavy atom. The lowest BCUT2D eigenvalue weighted by Crippen LogP contribution is -2.18. The fourth-order valence-electron chi connectivity index (χ4n) is 2.10. The second kappa shape index (κ2) is 8.61. The van der Waals surface area contributed by atoms with E-state index in [2.05, 4.69) is 25.5 Å². The average Bonchev–Trinajstić information content (AvgIpc) is 2.56. The Bertz CT molecular complexity index is 705. The number of carbonyl (C=O) groups excluding carboxylic acids is 1. The van der Waals surface area contributed by atoms with E-state index in [4.69, 9.17) is 11.6 Å². The average molecular weight is 348 g/mol. The molecule has 0 saturated carbocycles. The Morgan fingerprint density at radius 2 is 2.08 bits per heavy atom. The molecule has 0 aliphatic carbocycles. The van der Waals surface area contributed by atoms with Crippen molar-refractivity contribution >= 4 is 29.1 Å². The Balaban J connectivity index is 1.99. The summed E-state index contributed by atoms with van der Waals surface area (Å²) in [5.74, 6) is 0.156. The molecule has 2 aromatic rings. The summed E-state index contributed by atoms with van der Waals surface area (Å²) in [7, 11) is 4.05. The van der Waals surface area contributed by atoms with Gasteiger partial charge in [-0.15, -0.1) is 0 Å². The molecule has 1 aromatic heterocycles. The number of hydrogen-bond acceptors (Lipinski definition) is 5. The van der Waals surface area contributed by atoms with Gasteiger partial charge in [-0.2, -0.15) is 0 Å². The first-order valence-electron chi connectivity index (χ1n) is 7.75. The van der Waals surface area contributed by atoms with Crippen LogP contribution in [-0.4, -0.2) is 48.0 Å². The molecule has 6 nitrogen and oxygen atoms in total. The van der Waals surface area contributed by atoms with Gasteiger partial charge in [-0.05, 0) is 57.7 Å². The molecule has 1 aromatic carbocycles. The van der Waals surface area contributed by atoms with Crippen LogP contribution in [0.25, 0.3) is 0 Å². The van der Waals surface area contributed by atoms with Gasteiger partial charge >= 0.3 is 0 Å². The van der Waals surface area contributed by atoms with Crippen molar-refractivity contribution in [1.29, 1.82) is 0 Å². The summed E-state index contributed by atoms with van der Waals surface area (Å²) in [6, 6.07) is 6.97. The Hall–Kier alpha value is -2.18. The minimum Gasteiger partial charge on any atom is -0.354 e. The summed E-state index contributed by atoms with van der Waals surface area (Å²) in [6.45, 7) is 3.58. The van der Waals surface area contributed by atoms with Gasteiger partial charge in [0.25, 0.3) is 5.91 Å². The van der Waals surface area contributed by atoms with E-state index >= 15 is 0 Å². The third-order valence-corrected chi connectivity index (χ3v) is 3.88. The molecule has 128 valence electrons. The summed E-state index contributed by atoms with van der Waals surface area (Å²) < 4.78 is 0. The highest BCUT2D eigenvalue weighted by Gasteiger charge is 2.11. The Morgan fingerprint density at radius 3 is 2.83 bits per heavy atom. The molecule has 7 heteroatoms. The molecule has 1 amide bonds. The van der Waals surface area contributed by atoms with Crippen LogP contribution in [0.1, 0.15) is 22.5 Å². The van der Waals surface area contributed by atoms with Gasteiger partial charge in [0, 0.05) is 23.5 Å². The molecule has 0 radical (unpaired) electrons. The van der Waals surface area contributed by atoms with Crippen LogP contribution < -0.4 is 10.6 Å². The summed E-state index contributed by atoms with van der Waals surface area (Å²) in [4.78, 5) is 22.9. The number of anilines is 2. The zero-order chi connectivity index (χ0) is 17.5. The fourth-order valence-corrected chi connectivity index (χ4v) is 2.27. The van der Waals surface area contributed by atoms with E-state index in [1.165, 1.54) is 0 Å².